The molecular formula is C19H22FN3O3. The Morgan fingerprint density at radius 1 is 1.31 bits per heavy atom. The molecule has 1 aromatic carbocycles. The number of amides is 1. The number of carbonyl (C=O) groups excluding carboxylic acids is 1. The monoisotopic (exact) mass is 359 g/mol. The maximum absolute atomic E-state index is 14.4. The van der Waals surface area contributed by atoms with Crippen molar-refractivity contribution < 1.29 is 18.4 Å². The SMILES string of the molecule is CC(=O)N(Cc1c(-c2ccccc2F)noc1N1CCOCC1)C1CC1. The number of aromatic nitrogens is 1. The number of hydrogen-bond donors (Lipinski definition) is 0. The molecule has 0 atom stereocenters. The summed E-state index contributed by atoms with van der Waals surface area (Å²) < 4.78 is 25.4. The molecule has 2 fully saturated rings. The highest BCUT2D eigenvalue weighted by molar-refractivity contribution is 5.75. The van der Waals surface area contributed by atoms with Gasteiger partial charge in [0.2, 0.25) is 11.8 Å². The number of ether oxygens (including phenoxy) is 1. The molecule has 2 aromatic rings. The summed E-state index contributed by atoms with van der Waals surface area (Å²) in [4.78, 5) is 16.0. The Morgan fingerprint density at radius 2 is 2.04 bits per heavy atom. The van der Waals surface area contributed by atoms with Crippen molar-refractivity contribution in [1.82, 2.24) is 10.1 Å². The van der Waals surface area contributed by atoms with E-state index in [0.29, 0.717) is 50.0 Å². The van der Waals surface area contributed by atoms with Gasteiger partial charge in [0.25, 0.3) is 0 Å². The van der Waals surface area contributed by atoms with Crippen LogP contribution in [0.15, 0.2) is 28.8 Å². The number of nitrogens with zero attached hydrogens (tertiary/aromatic N) is 3. The second kappa shape index (κ2) is 7.07. The van der Waals surface area contributed by atoms with Gasteiger partial charge in [-0.25, -0.2) is 4.39 Å². The molecule has 0 bridgehead atoms. The van der Waals surface area contributed by atoms with Crippen LogP contribution in [-0.2, 0) is 16.1 Å². The van der Waals surface area contributed by atoms with Crippen LogP contribution in [0.2, 0.25) is 0 Å². The quantitative estimate of drug-likeness (QED) is 0.822. The molecular weight excluding hydrogens is 337 g/mol. The van der Waals surface area contributed by atoms with Gasteiger partial charge in [0.15, 0.2) is 0 Å². The van der Waals surface area contributed by atoms with Crippen LogP contribution in [0.1, 0.15) is 25.3 Å². The number of halogens is 1. The minimum atomic E-state index is -0.351. The molecule has 0 unspecified atom stereocenters. The van der Waals surface area contributed by atoms with Gasteiger partial charge in [0.1, 0.15) is 11.5 Å². The summed E-state index contributed by atoms with van der Waals surface area (Å²) >= 11 is 0. The molecule has 0 N–H and O–H groups in total. The smallest absolute Gasteiger partial charge is 0.233 e. The number of hydrogen-bond acceptors (Lipinski definition) is 5. The second-order valence-corrected chi connectivity index (χ2v) is 6.77. The van der Waals surface area contributed by atoms with Gasteiger partial charge in [0.05, 0.1) is 25.3 Å². The van der Waals surface area contributed by atoms with Gasteiger partial charge in [-0.2, -0.15) is 0 Å². The van der Waals surface area contributed by atoms with Crippen LogP contribution >= 0.6 is 0 Å². The van der Waals surface area contributed by atoms with E-state index < -0.39 is 0 Å². The Kier molecular flexibility index (Phi) is 4.63. The first-order chi connectivity index (χ1) is 12.6. The van der Waals surface area contributed by atoms with Crippen molar-refractivity contribution in [3.63, 3.8) is 0 Å². The van der Waals surface area contributed by atoms with Crippen molar-refractivity contribution in [2.75, 3.05) is 31.2 Å². The molecule has 7 heteroatoms. The molecule has 2 aliphatic rings. The third kappa shape index (κ3) is 3.31. The molecule has 1 amide bonds. The Hall–Kier alpha value is -2.41. The molecule has 1 saturated carbocycles. The fourth-order valence-electron chi connectivity index (χ4n) is 3.38. The molecule has 0 spiro atoms. The van der Waals surface area contributed by atoms with E-state index in [1.165, 1.54) is 6.07 Å². The minimum Gasteiger partial charge on any atom is -0.378 e. The Bertz CT molecular complexity index is 797. The van der Waals surface area contributed by atoms with Crippen LogP contribution < -0.4 is 4.90 Å². The average Bonchev–Trinajstić information content (AvgIpc) is 3.40. The predicted octanol–water partition coefficient (Wildman–Crippen LogP) is 2.83. The van der Waals surface area contributed by atoms with Crippen molar-refractivity contribution in [3.05, 3.63) is 35.6 Å². The van der Waals surface area contributed by atoms with Gasteiger partial charge in [-0.3, -0.25) is 4.79 Å². The van der Waals surface area contributed by atoms with Crippen molar-refractivity contribution in [2.45, 2.75) is 32.4 Å². The minimum absolute atomic E-state index is 0.0149. The first-order valence-electron chi connectivity index (χ1n) is 8.98. The zero-order valence-electron chi connectivity index (χ0n) is 14.8. The first kappa shape index (κ1) is 17.0. The van der Waals surface area contributed by atoms with Crippen LogP contribution in [0, 0.1) is 5.82 Å². The van der Waals surface area contributed by atoms with E-state index in [1.807, 2.05) is 4.90 Å². The molecule has 1 aromatic heterocycles. The third-order valence-corrected chi connectivity index (χ3v) is 4.92. The molecule has 138 valence electrons. The number of benzene rings is 1. The van der Waals surface area contributed by atoms with Gasteiger partial charge in [-0.1, -0.05) is 17.3 Å². The molecule has 6 nitrogen and oxygen atoms in total. The van der Waals surface area contributed by atoms with Gasteiger partial charge in [-0.15, -0.1) is 0 Å². The molecule has 0 radical (unpaired) electrons. The lowest BCUT2D eigenvalue weighted by Gasteiger charge is -2.28. The predicted molar refractivity (Wildman–Crippen MR) is 94.2 cm³/mol. The largest absolute Gasteiger partial charge is 0.378 e. The molecule has 4 rings (SSSR count). The summed E-state index contributed by atoms with van der Waals surface area (Å²) in [5.74, 6) is 0.274. The highest BCUT2D eigenvalue weighted by Crippen LogP contribution is 2.36. The lowest BCUT2D eigenvalue weighted by molar-refractivity contribution is -0.130. The highest BCUT2D eigenvalue weighted by Gasteiger charge is 2.34. The van der Waals surface area contributed by atoms with E-state index in [0.717, 1.165) is 18.4 Å². The maximum Gasteiger partial charge on any atom is 0.233 e. The number of anilines is 1. The lowest BCUT2D eigenvalue weighted by Crippen LogP contribution is -2.37. The van der Waals surface area contributed by atoms with Gasteiger partial charge in [0, 0.05) is 31.6 Å². The average molecular weight is 359 g/mol. The maximum atomic E-state index is 14.4. The first-order valence-corrected chi connectivity index (χ1v) is 8.98. The van der Waals surface area contributed by atoms with Gasteiger partial charge in [-0.05, 0) is 25.0 Å². The van der Waals surface area contributed by atoms with Crippen LogP contribution in [0.5, 0.6) is 0 Å². The topological polar surface area (TPSA) is 58.8 Å². The molecule has 2 heterocycles. The highest BCUT2D eigenvalue weighted by atomic mass is 19.1. The Labute approximate surface area is 151 Å². The summed E-state index contributed by atoms with van der Waals surface area (Å²) in [6.07, 6.45) is 2.01. The van der Waals surface area contributed by atoms with Crippen molar-refractivity contribution in [1.29, 1.82) is 0 Å². The summed E-state index contributed by atoms with van der Waals surface area (Å²) in [6, 6.07) is 6.77. The van der Waals surface area contributed by atoms with E-state index in [4.69, 9.17) is 9.26 Å². The Balaban J connectivity index is 1.75. The number of morpholine rings is 1. The van der Waals surface area contributed by atoms with E-state index >= 15 is 0 Å². The number of carbonyl (C=O) groups is 1. The standard InChI is InChI=1S/C19H22FN3O3/c1-13(24)23(14-6-7-14)12-16-18(15-4-2-3-5-17(15)20)21-26-19(16)22-8-10-25-11-9-22/h2-5,14H,6-12H2,1H3. The fraction of sp³-hybridized carbons (Fsp3) is 0.474. The van der Waals surface area contributed by atoms with Crippen molar-refractivity contribution in [3.8, 4) is 11.3 Å². The van der Waals surface area contributed by atoms with Crippen molar-refractivity contribution >= 4 is 11.8 Å². The molecule has 26 heavy (non-hydrogen) atoms. The zero-order valence-corrected chi connectivity index (χ0v) is 14.8. The lowest BCUT2D eigenvalue weighted by atomic mass is 10.1. The van der Waals surface area contributed by atoms with Crippen LogP contribution in [0.25, 0.3) is 11.3 Å². The van der Waals surface area contributed by atoms with E-state index in [1.54, 1.807) is 25.1 Å². The molecule has 1 aliphatic carbocycles. The van der Waals surface area contributed by atoms with Gasteiger partial charge >= 0.3 is 0 Å². The molecule has 1 aliphatic heterocycles. The Morgan fingerprint density at radius 3 is 2.69 bits per heavy atom. The number of rotatable bonds is 5. The van der Waals surface area contributed by atoms with Crippen LogP contribution in [0.3, 0.4) is 0 Å². The fourth-order valence-corrected chi connectivity index (χ4v) is 3.38. The summed E-state index contributed by atoms with van der Waals surface area (Å²) in [5, 5.41) is 4.18. The zero-order chi connectivity index (χ0) is 18.1. The third-order valence-electron chi connectivity index (χ3n) is 4.92. The second-order valence-electron chi connectivity index (χ2n) is 6.77. The normalized spacial score (nSPS) is 17.4. The van der Waals surface area contributed by atoms with Gasteiger partial charge < -0.3 is 19.1 Å². The summed E-state index contributed by atoms with van der Waals surface area (Å²) in [7, 11) is 0. The van der Waals surface area contributed by atoms with E-state index in [-0.39, 0.29) is 17.8 Å². The van der Waals surface area contributed by atoms with E-state index in [9.17, 15) is 9.18 Å². The van der Waals surface area contributed by atoms with Crippen LogP contribution in [0.4, 0.5) is 10.3 Å². The summed E-state index contributed by atoms with van der Waals surface area (Å²) in [6.45, 7) is 4.52. The van der Waals surface area contributed by atoms with Crippen molar-refractivity contribution in [2.24, 2.45) is 0 Å². The van der Waals surface area contributed by atoms with Crippen LogP contribution in [-0.4, -0.2) is 48.3 Å². The summed E-state index contributed by atoms with van der Waals surface area (Å²) in [5.41, 5.74) is 1.63. The molecule has 1 saturated heterocycles. The van der Waals surface area contributed by atoms with E-state index in [2.05, 4.69) is 10.1 Å².